The van der Waals surface area contributed by atoms with Gasteiger partial charge in [-0.1, -0.05) is 42.0 Å². The summed E-state index contributed by atoms with van der Waals surface area (Å²) in [6.45, 7) is 8.15. The second kappa shape index (κ2) is 5.18. The van der Waals surface area contributed by atoms with Crippen LogP contribution >= 0.6 is 0 Å². The zero-order valence-corrected chi connectivity index (χ0v) is 10.8. The minimum absolute atomic E-state index is 1.10. The van der Waals surface area contributed by atoms with Gasteiger partial charge < -0.3 is 0 Å². The third-order valence-corrected chi connectivity index (χ3v) is 3.36. The molecule has 17 heavy (non-hydrogen) atoms. The summed E-state index contributed by atoms with van der Waals surface area (Å²) in [5.74, 6) is 0. The third-order valence-electron chi connectivity index (χ3n) is 3.36. The van der Waals surface area contributed by atoms with Crippen molar-refractivity contribution in [1.29, 1.82) is 0 Å². The van der Waals surface area contributed by atoms with Crippen molar-refractivity contribution < 1.29 is 0 Å². The summed E-state index contributed by atoms with van der Waals surface area (Å²) in [7, 11) is 0. The number of allylic oxidation sites excluding steroid dienone is 1. The number of aryl methyl sites for hydroxylation is 3. The zero-order chi connectivity index (χ0) is 12.3. The summed E-state index contributed by atoms with van der Waals surface area (Å²) < 4.78 is 0. The average molecular weight is 224 g/mol. The van der Waals surface area contributed by atoms with Gasteiger partial charge in [0.2, 0.25) is 0 Å². The molecule has 0 aliphatic heterocycles. The topological polar surface area (TPSA) is 0 Å². The monoisotopic (exact) mass is 224 g/mol. The summed E-state index contributed by atoms with van der Waals surface area (Å²) >= 11 is 0. The Labute approximate surface area is 104 Å². The lowest BCUT2D eigenvalue weighted by Crippen LogP contribution is -1.92. The van der Waals surface area contributed by atoms with E-state index in [9.17, 15) is 0 Å². The van der Waals surface area contributed by atoms with Crippen molar-refractivity contribution in [3.63, 3.8) is 0 Å². The molecule has 0 saturated heterocycles. The maximum atomic E-state index is 3.79. The highest BCUT2D eigenvalue weighted by Crippen LogP contribution is 2.24. The molecule has 0 amide bonds. The highest BCUT2D eigenvalue weighted by Gasteiger charge is 2.04. The van der Waals surface area contributed by atoms with E-state index in [4.69, 9.17) is 0 Å². The number of fused-ring (bicyclic) bond motifs is 1. The van der Waals surface area contributed by atoms with E-state index in [1.54, 1.807) is 0 Å². The molecule has 0 N–H and O–H groups in total. The Bertz CT molecular complexity index is 535. The molecule has 0 radical (unpaired) electrons. The minimum Gasteiger partial charge on any atom is -0.103 e. The molecular formula is C17H20. The molecular weight excluding hydrogens is 204 g/mol. The van der Waals surface area contributed by atoms with Gasteiger partial charge in [-0.05, 0) is 55.0 Å². The van der Waals surface area contributed by atoms with Crippen LogP contribution < -0.4 is 0 Å². The Morgan fingerprint density at radius 3 is 2.71 bits per heavy atom. The highest BCUT2D eigenvalue weighted by atomic mass is 14.1. The van der Waals surface area contributed by atoms with Crippen molar-refractivity contribution >= 4 is 10.8 Å². The van der Waals surface area contributed by atoms with Crippen LogP contribution in [0.25, 0.3) is 10.8 Å². The molecule has 2 aromatic carbocycles. The Hall–Kier alpha value is -1.56. The van der Waals surface area contributed by atoms with Crippen molar-refractivity contribution in [2.24, 2.45) is 0 Å². The SMILES string of the molecule is C=CCCCc1c(C)ccc2cc(C)ccc12. The number of hydrogen-bond acceptors (Lipinski definition) is 0. The van der Waals surface area contributed by atoms with E-state index in [1.165, 1.54) is 33.9 Å². The van der Waals surface area contributed by atoms with Crippen LogP contribution in [0.2, 0.25) is 0 Å². The maximum Gasteiger partial charge on any atom is -0.0149 e. The van der Waals surface area contributed by atoms with Gasteiger partial charge in [-0.15, -0.1) is 6.58 Å². The molecule has 2 aromatic rings. The summed E-state index contributed by atoms with van der Waals surface area (Å²) in [6.07, 6.45) is 5.45. The fourth-order valence-electron chi connectivity index (χ4n) is 2.38. The number of unbranched alkanes of at least 4 members (excludes halogenated alkanes) is 1. The average Bonchev–Trinajstić information content (AvgIpc) is 2.32. The first kappa shape index (κ1) is 11.9. The fourth-order valence-corrected chi connectivity index (χ4v) is 2.38. The molecule has 0 bridgehead atoms. The smallest absolute Gasteiger partial charge is 0.0149 e. The molecule has 0 aromatic heterocycles. The number of benzene rings is 2. The third kappa shape index (κ3) is 2.58. The summed E-state index contributed by atoms with van der Waals surface area (Å²) in [4.78, 5) is 0. The quantitative estimate of drug-likeness (QED) is 0.508. The van der Waals surface area contributed by atoms with E-state index in [0.717, 1.165) is 12.8 Å². The fraction of sp³-hybridized carbons (Fsp3) is 0.294. The molecule has 0 fully saturated rings. The van der Waals surface area contributed by atoms with Gasteiger partial charge in [0.1, 0.15) is 0 Å². The molecule has 88 valence electrons. The van der Waals surface area contributed by atoms with Crippen LogP contribution in [0.5, 0.6) is 0 Å². The molecule has 0 aliphatic rings. The minimum atomic E-state index is 1.10. The van der Waals surface area contributed by atoms with E-state index in [0.29, 0.717) is 0 Å². The first-order valence-corrected chi connectivity index (χ1v) is 6.32. The van der Waals surface area contributed by atoms with Crippen molar-refractivity contribution in [3.8, 4) is 0 Å². The molecule has 0 heteroatoms. The lowest BCUT2D eigenvalue weighted by molar-refractivity contribution is 0.844. The Morgan fingerprint density at radius 1 is 1.12 bits per heavy atom. The van der Waals surface area contributed by atoms with E-state index in [1.807, 2.05) is 6.08 Å². The van der Waals surface area contributed by atoms with E-state index >= 15 is 0 Å². The Kier molecular flexibility index (Phi) is 3.63. The molecule has 0 nitrogen and oxygen atoms in total. The summed E-state index contributed by atoms with van der Waals surface area (Å²) in [6, 6.07) is 11.2. The van der Waals surface area contributed by atoms with E-state index < -0.39 is 0 Å². The van der Waals surface area contributed by atoms with Crippen LogP contribution in [0.1, 0.15) is 29.5 Å². The summed E-state index contributed by atoms with van der Waals surface area (Å²) in [5, 5.41) is 2.78. The van der Waals surface area contributed by atoms with Gasteiger partial charge >= 0.3 is 0 Å². The van der Waals surface area contributed by atoms with Crippen molar-refractivity contribution in [2.75, 3.05) is 0 Å². The molecule has 0 aliphatic carbocycles. The van der Waals surface area contributed by atoms with Gasteiger partial charge in [-0.2, -0.15) is 0 Å². The second-order valence-electron chi connectivity index (χ2n) is 4.77. The van der Waals surface area contributed by atoms with Gasteiger partial charge in [0.25, 0.3) is 0 Å². The second-order valence-corrected chi connectivity index (χ2v) is 4.77. The largest absolute Gasteiger partial charge is 0.103 e. The van der Waals surface area contributed by atoms with Crippen LogP contribution in [0.3, 0.4) is 0 Å². The van der Waals surface area contributed by atoms with Crippen LogP contribution in [0.4, 0.5) is 0 Å². The Morgan fingerprint density at radius 2 is 1.94 bits per heavy atom. The zero-order valence-electron chi connectivity index (χ0n) is 10.8. The van der Waals surface area contributed by atoms with E-state index in [2.05, 4.69) is 50.8 Å². The van der Waals surface area contributed by atoms with Gasteiger partial charge in [-0.25, -0.2) is 0 Å². The van der Waals surface area contributed by atoms with E-state index in [-0.39, 0.29) is 0 Å². The maximum absolute atomic E-state index is 3.79. The Balaban J connectivity index is 2.44. The van der Waals surface area contributed by atoms with Crippen LogP contribution in [-0.2, 0) is 6.42 Å². The van der Waals surface area contributed by atoms with Crippen molar-refractivity contribution in [1.82, 2.24) is 0 Å². The number of hydrogen-bond donors (Lipinski definition) is 0. The van der Waals surface area contributed by atoms with Gasteiger partial charge in [-0.3, -0.25) is 0 Å². The van der Waals surface area contributed by atoms with Crippen LogP contribution in [0.15, 0.2) is 43.0 Å². The highest BCUT2D eigenvalue weighted by molar-refractivity contribution is 5.87. The van der Waals surface area contributed by atoms with Crippen LogP contribution in [-0.4, -0.2) is 0 Å². The molecule has 0 heterocycles. The first-order chi connectivity index (χ1) is 8.22. The van der Waals surface area contributed by atoms with Gasteiger partial charge in [0.15, 0.2) is 0 Å². The lowest BCUT2D eigenvalue weighted by Gasteiger charge is -2.10. The summed E-state index contributed by atoms with van der Waals surface area (Å²) in [5.41, 5.74) is 4.24. The predicted molar refractivity (Wildman–Crippen MR) is 76.6 cm³/mol. The standard InChI is InChI=1S/C17H20/c1-4-5-6-7-16-14(3)9-10-15-12-13(2)8-11-17(15)16/h4,8-12H,1,5-7H2,2-3H3. The molecule has 0 atom stereocenters. The number of rotatable bonds is 4. The van der Waals surface area contributed by atoms with Crippen molar-refractivity contribution in [2.45, 2.75) is 33.1 Å². The molecule has 0 spiro atoms. The van der Waals surface area contributed by atoms with Gasteiger partial charge in [0.05, 0.1) is 0 Å². The molecule has 2 rings (SSSR count). The first-order valence-electron chi connectivity index (χ1n) is 6.32. The lowest BCUT2D eigenvalue weighted by atomic mass is 9.95. The molecule has 0 saturated carbocycles. The molecule has 0 unspecified atom stereocenters. The predicted octanol–water partition coefficient (Wildman–Crippen LogP) is 4.97. The van der Waals surface area contributed by atoms with Crippen molar-refractivity contribution in [3.05, 3.63) is 59.7 Å². The van der Waals surface area contributed by atoms with Crippen LogP contribution in [0, 0.1) is 13.8 Å². The normalized spacial score (nSPS) is 10.7. The van der Waals surface area contributed by atoms with Gasteiger partial charge in [0, 0.05) is 0 Å².